The average Bonchev–Trinajstić information content (AvgIpc) is 2.81. The third-order valence-electron chi connectivity index (χ3n) is 4.07. The SMILES string of the molecule is COc1ccc(NC(=O)CC2COc3ccccc3NC2=O)c(OC)c1. The largest absolute Gasteiger partial charge is 0.497 e. The molecule has 0 spiro atoms. The second-order valence-electron chi connectivity index (χ2n) is 5.81. The topological polar surface area (TPSA) is 85.9 Å². The Hall–Kier alpha value is -3.22. The Bertz CT molecular complexity index is 821. The molecule has 0 saturated carbocycles. The van der Waals surface area contributed by atoms with Gasteiger partial charge in [-0.15, -0.1) is 0 Å². The molecule has 0 saturated heterocycles. The lowest BCUT2D eigenvalue weighted by atomic mass is 10.1. The zero-order valence-electron chi connectivity index (χ0n) is 14.6. The maximum absolute atomic E-state index is 12.4. The quantitative estimate of drug-likeness (QED) is 0.860. The van der Waals surface area contributed by atoms with Crippen LogP contribution < -0.4 is 24.8 Å². The molecule has 7 heteroatoms. The lowest BCUT2D eigenvalue weighted by Crippen LogP contribution is -2.29. The van der Waals surface area contributed by atoms with Crippen LogP contribution in [0.5, 0.6) is 17.2 Å². The van der Waals surface area contributed by atoms with Crippen molar-refractivity contribution in [3.8, 4) is 17.2 Å². The highest BCUT2D eigenvalue weighted by Gasteiger charge is 2.27. The van der Waals surface area contributed by atoms with E-state index in [1.165, 1.54) is 7.11 Å². The van der Waals surface area contributed by atoms with Crippen molar-refractivity contribution in [3.63, 3.8) is 0 Å². The standard InChI is InChI=1S/C19H20N2O5/c1-24-13-7-8-15(17(10-13)25-2)20-18(22)9-12-11-26-16-6-4-3-5-14(16)21-19(12)23/h3-8,10,12H,9,11H2,1-2H3,(H,20,22)(H,21,23). The first kappa shape index (κ1) is 17.6. The fourth-order valence-electron chi connectivity index (χ4n) is 2.68. The number of nitrogens with one attached hydrogen (secondary N) is 2. The van der Waals surface area contributed by atoms with Crippen LogP contribution in [0.15, 0.2) is 42.5 Å². The molecule has 2 aromatic carbocycles. The van der Waals surface area contributed by atoms with E-state index in [4.69, 9.17) is 14.2 Å². The molecule has 0 aromatic heterocycles. The first-order chi connectivity index (χ1) is 12.6. The molecule has 2 N–H and O–H groups in total. The number of rotatable bonds is 5. The zero-order chi connectivity index (χ0) is 18.5. The molecule has 0 fully saturated rings. The van der Waals surface area contributed by atoms with E-state index in [0.29, 0.717) is 28.6 Å². The molecule has 0 aliphatic carbocycles. The number of fused-ring (bicyclic) bond motifs is 1. The van der Waals surface area contributed by atoms with Gasteiger partial charge in [-0.05, 0) is 24.3 Å². The molecule has 26 heavy (non-hydrogen) atoms. The summed E-state index contributed by atoms with van der Waals surface area (Å²) < 4.78 is 16.1. The Kier molecular flexibility index (Phi) is 5.26. The number of amides is 2. The Labute approximate surface area is 151 Å². The normalized spacial score (nSPS) is 15.8. The molecule has 136 valence electrons. The molecular weight excluding hydrogens is 336 g/mol. The van der Waals surface area contributed by atoms with Crippen LogP contribution in [-0.2, 0) is 9.59 Å². The number of carbonyl (C=O) groups is 2. The fourth-order valence-corrected chi connectivity index (χ4v) is 2.68. The fraction of sp³-hybridized carbons (Fsp3) is 0.263. The lowest BCUT2D eigenvalue weighted by Gasteiger charge is -2.14. The van der Waals surface area contributed by atoms with Gasteiger partial charge in [0, 0.05) is 12.5 Å². The number of anilines is 2. The Morgan fingerprint density at radius 1 is 1.23 bits per heavy atom. The van der Waals surface area contributed by atoms with Crippen LogP contribution in [0.2, 0.25) is 0 Å². The highest BCUT2D eigenvalue weighted by atomic mass is 16.5. The monoisotopic (exact) mass is 356 g/mol. The highest BCUT2D eigenvalue weighted by molar-refractivity contribution is 6.00. The minimum absolute atomic E-state index is 0.00495. The van der Waals surface area contributed by atoms with Gasteiger partial charge in [0.05, 0.1) is 31.5 Å². The Morgan fingerprint density at radius 2 is 2.04 bits per heavy atom. The number of carbonyl (C=O) groups excluding carboxylic acids is 2. The van der Waals surface area contributed by atoms with Gasteiger partial charge in [0.25, 0.3) is 0 Å². The molecule has 0 radical (unpaired) electrons. The summed E-state index contributed by atoms with van der Waals surface area (Å²) >= 11 is 0. The van der Waals surface area contributed by atoms with Crippen molar-refractivity contribution in [2.45, 2.75) is 6.42 Å². The molecule has 2 amide bonds. The minimum Gasteiger partial charge on any atom is -0.497 e. The first-order valence-corrected chi connectivity index (χ1v) is 8.15. The number of hydrogen-bond donors (Lipinski definition) is 2. The number of hydrogen-bond acceptors (Lipinski definition) is 5. The van der Waals surface area contributed by atoms with Crippen molar-refractivity contribution in [1.82, 2.24) is 0 Å². The van der Waals surface area contributed by atoms with Crippen LogP contribution in [0.3, 0.4) is 0 Å². The highest BCUT2D eigenvalue weighted by Crippen LogP contribution is 2.30. The summed E-state index contributed by atoms with van der Waals surface area (Å²) in [6.45, 7) is 0.135. The second kappa shape index (κ2) is 7.77. The third kappa shape index (κ3) is 3.88. The molecular formula is C19H20N2O5. The molecule has 0 bridgehead atoms. The van der Waals surface area contributed by atoms with Crippen molar-refractivity contribution < 1.29 is 23.8 Å². The van der Waals surface area contributed by atoms with Crippen molar-refractivity contribution in [2.24, 2.45) is 5.92 Å². The molecule has 2 aromatic rings. The van der Waals surface area contributed by atoms with E-state index >= 15 is 0 Å². The van der Waals surface area contributed by atoms with Crippen molar-refractivity contribution >= 4 is 23.2 Å². The first-order valence-electron chi connectivity index (χ1n) is 8.15. The van der Waals surface area contributed by atoms with Crippen LogP contribution in [0.4, 0.5) is 11.4 Å². The summed E-state index contributed by atoms with van der Waals surface area (Å²) in [4.78, 5) is 24.8. The van der Waals surface area contributed by atoms with Gasteiger partial charge < -0.3 is 24.8 Å². The molecule has 7 nitrogen and oxygen atoms in total. The van der Waals surface area contributed by atoms with Gasteiger partial charge in [0.15, 0.2) is 0 Å². The summed E-state index contributed by atoms with van der Waals surface area (Å²) in [5.41, 5.74) is 1.12. The summed E-state index contributed by atoms with van der Waals surface area (Å²) in [5.74, 6) is 0.558. The van der Waals surface area contributed by atoms with Crippen molar-refractivity contribution in [2.75, 3.05) is 31.5 Å². The number of methoxy groups -OCH3 is 2. The second-order valence-corrected chi connectivity index (χ2v) is 5.81. The van der Waals surface area contributed by atoms with Crippen LogP contribution in [-0.4, -0.2) is 32.6 Å². The van der Waals surface area contributed by atoms with Gasteiger partial charge in [0.1, 0.15) is 23.9 Å². The predicted molar refractivity (Wildman–Crippen MR) is 96.8 cm³/mol. The number of para-hydroxylation sites is 2. The summed E-state index contributed by atoms with van der Waals surface area (Å²) in [5, 5.41) is 5.56. The van der Waals surface area contributed by atoms with E-state index in [1.54, 1.807) is 37.4 Å². The van der Waals surface area contributed by atoms with Gasteiger partial charge in [-0.1, -0.05) is 12.1 Å². The molecule has 3 rings (SSSR count). The van der Waals surface area contributed by atoms with Gasteiger partial charge in [-0.2, -0.15) is 0 Å². The Balaban J connectivity index is 1.66. The van der Waals surface area contributed by atoms with Gasteiger partial charge in [0.2, 0.25) is 11.8 Å². The summed E-state index contributed by atoms with van der Waals surface area (Å²) in [6, 6.07) is 12.3. The van der Waals surface area contributed by atoms with Crippen LogP contribution >= 0.6 is 0 Å². The van der Waals surface area contributed by atoms with E-state index in [9.17, 15) is 9.59 Å². The van der Waals surface area contributed by atoms with Gasteiger partial charge in [-0.3, -0.25) is 9.59 Å². The van der Waals surface area contributed by atoms with E-state index in [2.05, 4.69) is 10.6 Å². The van der Waals surface area contributed by atoms with E-state index < -0.39 is 5.92 Å². The number of benzene rings is 2. The van der Waals surface area contributed by atoms with Crippen molar-refractivity contribution in [1.29, 1.82) is 0 Å². The Morgan fingerprint density at radius 3 is 2.81 bits per heavy atom. The van der Waals surface area contributed by atoms with Gasteiger partial charge >= 0.3 is 0 Å². The molecule has 1 unspecified atom stereocenters. The van der Waals surface area contributed by atoms with Crippen molar-refractivity contribution in [3.05, 3.63) is 42.5 Å². The predicted octanol–water partition coefficient (Wildman–Crippen LogP) is 2.68. The molecule has 1 heterocycles. The average molecular weight is 356 g/mol. The van der Waals surface area contributed by atoms with Crippen LogP contribution in [0.25, 0.3) is 0 Å². The van der Waals surface area contributed by atoms with Gasteiger partial charge in [-0.25, -0.2) is 0 Å². The smallest absolute Gasteiger partial charge is 0.231 e. The van der Waals surface area contributed by atoms with E-state index in [1.807, 2.05) is 12.1 Å². The molecule has 1 aliphatic heterocycles. The molecule has 1 aliphatic rings. The van der Waals surface area contributed by atoms with E-state index in [-0.39, 0.29) is 24.8 Å². The maximum atomic E-state index is 12.4. The summed E-state index contributed by atoms with van der Waals surface area (Å²) in [7, 11) is 3.06. The molecule has 1 atom stereocenters. The maximum Gasteiger partial charge on any atom is 0.231 e. The minimum atomic E-state index is -0.591. The lowest BCUT2D eigenvalue weighted by molar-refractivity contribution is -0.125. The third-order valence-corrected chi connectivity index (χ3v) is 4.07. The number of ether oxygens (including phenoxy) is 3. The zero-order valence-corrected chi connectivity index (χ0v) is 14.6. The van der Waals surface area contributed by atoms with E-state index in [0.717, 1.165) is 0 Å². The summed E-state index contributed by atoms with van der Waals surface area (Å²) in [6.07, 6.45) is -0.00495. The van der Waals surface area contributed by atoms with Crippen LogP contribution in [0, 0.1) is 5.92 Å². The van der Waals surface area contributed by atoms with Crippen LogP contribution in [0.1, 0.15) is 6.42 Å².